The first-order valence-corrected chi connectivity index (χ1v) is 6.28. The van der Waals surface area contributed by atoms with Gasteiger partial charge in [0.1, 0.15) is 0 Å². The van der Waals surface area contributed by atoms with E-state index < -0.39 is 0 Å². The van der Waals surface area contributed by atoms with Gasteiger partial charge in [0.05, 0.1) is 0 Å². The monoisotopic (exact) mass is 212 g/mol. The van der Waals surface area contributed by atoms with Crippen LogP contribution in [-0.4, -0.2) is 36.5 Å². The standard InChI is InChI=1S/C12H24N2O/c1-3-8-14-9-6-5-7-11(10-14)13-12(15)4-2/h11H,3-10H2,1-2H3,(H,13,15). The largest absolute Gasteiger partial charge is 0.352 e. The maximum Gasteiger partial charge on any atom is 0.219 e. The molecule has 0 aromatic rings. The number of nitrogens with zero attached hydrogens (tertiary/aromatic N) is 1. The molecule has 0 aromatic heterocycles. The molecule has 3 heteroatoms. The normalized spacial score (nSPS) is 23.5. The second-order valence-corrected chi connectivity index (χ2v) is 4.41. The maximum atomic E-state index is 11.3. The van der Waals surface area contributed by atoms with Gasteiger partial charge in [-0.3, -0.25) is 4.79 Å². The molecule has 0 spiro atoms. The fraction of sp³-hybridized carbons (Fsp3) is 0.917. The maximum absolute atomic E-state index is 11.3. The van der Waals surface area contributed by atoms with Crippen molar-refractivity contribution in [1.82, 2.24) is 10.2 Å². The average Bonchev–Trinajstić information content (AvgIpc) is 2.44. The molecular weight excluding hydrogens is 188 g/mol. The number of carbonyl (C=O) groups is 1. The highest BCUT2D eigenvalue weighted by Gasteiger charge is 2.18. The van der Waals surface area contributed by atoms with Gasteiger partial charge in [0.15, 0.2) is 0 Å². The Kier molecular flexibility index (Phi) is 5.69. The fourth-order valence-corrected chi connectivity index (χ4v) is 2.19. The predicted octanol–water partition coefficient (Wildman–Crippen LogP) is 1.78. The second-order valence-electron chi connectivity index (χ2n) is 4.41. The van der Waals surface area contributed by atoms with Crippen LogP contribution < -0.4 is 5.32 Å². The van der Waals surface area contributed by atoms with Crippen molar-refractivity contribution in [3.05, 3.63) is 0 Å². The minimum atomic E-state index is 0.193. The number of likely N-dealkylation sites (tertiary alicyclic amines) is 1. The van der Waals surface area contributed by atoms with Gasteiger partial charge >= 0.3 is 0 Å². The number of amides is 1. The molecule has 15 heavy (non-hydrogen) atoms. The summed E-state index contributed by atoms with van der Waals surface area (Å²) >= 11 is 0. The van der Waals surface area contributed by atoms with Gasteiger partial charge in [0.25, 0.3) is 0 Å². The molecule has 0 radical (unpaired) electrons. The van der Waals surface area contributed by atoms with E-state index in [9.17, 15) is 4.79 Å². The van der Waals surface area contributed by atoms with Gasteiger partial charge in [-0.1, -0.05) is 20.3 Å². The van der Waals surface area contributed by atoms with E-state index in [1.807, 2.05) is 6.92 Å². The molecule has 1 saturated heterocycles. The molecule has 1 aliphatic heterocycles. The first kappa shape index (κ1) is 12.5. The van der Waals surface area contributed by atoms with E-state index in [0.717, 1.165) is 13.0 Å². The third kappa shape index (κ3) is 4.65. The molecule has 1 N–H and O–H groups in total. The number of hydrogen-bond acceptors (Lipinski definition) is 2. The van der Waals surface area contributed by atoms with E-state index in [0.29, 0.717) is 12.5 Å². The first-order valence-electron chi connectivity index (χ1n) is 6.28. The third-order valence-electron chi connectivity index (χ3n) is 2.98. The molecule has 0 aliphatic carbocycles. The van der Waals surface area contributed by atoms with Crippen molar-refractivity contribution in [3.63, 3.8) is 0 Å². The smallest absolute Gasteiger partial charge is 0.219 e. The van der Waals surface area contributed by atoms with Gasteiger partial charge in [-0.2, -0.15) is 0 Å². The number of nitrogens with one attached hydrogen (secondary N) is 1. The molecule has 1 unspecified atom stereocenters. The zero-order chi connectivity index (χ0) is 11.1. The van der Waals surface area contributed by atoms with E-state index >= 15 is 0 Å². The van der Waals surface area contributed by atoms with Crippen molar-refractivity contribution >= 4 is 5.91 Å². The van der Waals surface area contributed by atoms with Gasteiger partial charge in [-0.15, -0.1) is 0 Å². The Labute approximate surface area is 93.2 Å². The van der Waals surface area contributed by atoms with Gasteiger partial charge in [-0.25, -0.2) is 0 Å². The molecular formula is C12H24N2O. The van der Waals surface area contributed by atoms with Crippen LogP contribution in [0.3, 0.4) is 0 Å². The van der Waals surface area contributed by atoms with Crippen LogP contribution in [-0.2, 0) is 4.79 Å². The van der Waals surface area contributed by atoms with Gasteiger partial charge in [-0.05, 0) is 32.4 Å². The SMILES string of the molecule is CCCN1CCCCC(NC(=O)CC)C1. The lowest BCUT2D eigenvalue weighted by Crippen LogP contribution is -2.42. The van der Waals surface area contributed by atoms with Gasteiger partial charge < -0.3 is 10.2 Å². The highest BCUT2D eigenvalue weighted by atomic mass is 16.1. The highest BCUT2D eigenvalue weighted by Crippen LogP contribution is 2.11. The Hall–Kier alpha value is -0.570. The number of hydrogen-bond donors (Lipinski definition) is 1. The topological polar surface area (TPSA) is 32.3 Å². The molecule has 1 fully saturated rings. The van der Waals surface area contributed by atoms with Crippen LogP contribution in [0.4, 0.5) is 0 Å². The van der Waals surface area contributed by atoms with Crippen LogP contribution in [0.25, 0.3) is 0 Å². The van der Waals surface area contributed by atoms with Crippen molar-refractivity contribution in [1.29, 1.82) is 0 Å². The summed E-state index contributed by atoms with van der Waals surface area (Å²) in [6.07, 6.45) is 5.47. The molecule has 0 saturated carbocycles. The Balaban J connectivity index is 2.38. The summed E-state index contributed by atoms with van der Waals surface area (Å²) < 4.78 is 0. The summed E-state index contributed by atoms with van der Waals surface area (Å²) in [5, 5.41) is 3.12. The Bertz CT molecular complexity index is 194. The lowest BCUT2D eigenvalue weighted by molar-refractivity contribution is -0.121. The average molecular weight is 212 g/mol. The van der Waals surface area contributed by atoms with Crippen molar-refractivity contribution in [2.45, 2.75) is 52.0 Å². The zero-order valence-corrected chi connectivity index (χ0v) is 10.1. The van der Waals surface area contributed by atoms with E-state index in [1.54, 1.807) is 0 Å². The summed E-state index contributed by atoms with van der Waals surface area (Å²) in [5.41, 5.74) is 0. The fourth-order valence-electron chi connectivity index (χ4n) is 2.19. The molecule has 1 rings (SSSR count). The lowest BCUT2D eigenvalue weighted by atomic mass is 10.1. The van der Waals surface area contributed by atoms with E-state index in [1.165, 1.54) is 32.4 Å². The van der Waals surface area contributed by atoms with E-state index in [2.05, 4.69) is 17.1 Å². The Morgan fingerprint density at radius 2 is 2.20 bits per heavy atom. The molecule has 1 aliphatic rings. The number of carbonyl (C=O) groups excluding carboxylic acids is 1. The Morgan fingerprint density at radius 1 is 1.40 bits per heavy atom. The van der Waals surface area contributed by atoms with Crippen molar-refractivity contribution in [2.75, 3.05) is 19.6 Å². The minimum absolute atomic E-state index is 0.193. The molecule has 1 atom stereocenters. The highest BCUT2D eigenvalue weighted by molar-refractivity contribution is 5.75. The first-order chi connectivity index (χ1) is 7.26. The van der Waals surface area contributed by atoms with Crippen LogP contribution in [0.5, 0.6) is 0 Å². The summed E-state index contributed by atoms with van der Waals surface area (Å²) in [4.78, 5) is 13.8. The van der Waals surface area contributed by atoms with Crippen LogP contribution in [0.2, 0.25) is 0 Å². The van der Waals surface area contributed by atoms with Crippen molar-refractivity contribution in [2.24, 2.45) is 0 Å². The lowest BCUT2D eigenvalue weighted by Gasteiger charge is -2.24. The minimum Gasteiger partial charge on any atom is -0.352 e. The van der Waals surface area contributed by atoms with Crippen LogP contribution >= 0.6 is 0 Å². The summed E-state index contributed by atoms with van der Waals surface area (Å²) in [6, 6.07) is 0.381. The molecule has 3 nitrogen and oxygen atoms in total. The van der Waals surface area contributed by atoms with Gasteiger partial charge in [0.2, 0.25) is 5.91 Å². The summed E-state index contributed by atoms with van der Waals surface area (Å²) in [5.74, 6) is 0.193. The molecule has 0 aromatic carbocycles. The summed E-state index contributed by atoms with van der Waals surface area (Å²) in [6.45, 7) is 7.53. The molecule has 0 bridgehead atoms. The quantitative estimate of drug-likeness (QED) is 0.770. The Morgan fingerprint density at radius 3 is 2.87 bits per heavy atom. The van der Waals surface area contributed by atoms with Crippen LogP contribution in [0.1, 0.15) is 46.0 Å². The molecule has 1 amide bonds. The zero-order valence-electron chi connectivity index (χ0n) is 10.1. The van der Waals surface area contributed by atoms with Crippen LogP contribution in [0.15, 0.2) is 0 Å². The molecule has 88 valence electrons. The second kappa shape index (κ2) is 6.83. The predicted molar refractivity (Wildman–Crippen MR) is 62.8 cm³/mol. The number of rotatable bonds is 4. The van der Waals surface area contributed by atoms with Crippen LogP contribution in [0, 0.1) is 0 Å². The molecule has 1 heterocycles. The summed E-state index contributed by atoms with van der Waals surface area (Å²) in [7, 11) is 0. The van der Waals surface area contributed by atoms with Crippen molar-refractivity contribution in [3.8, 4) is 0 Å². The van der Waals surface area contributed by atoms with E-state index in [-0.39, 0.29) is 5.91 Å². The van der Waals surface area contributed by atoms with Gasteiger partial charge in [0, 0.05) is 19.0 Å². The third-order valence-corrected chi connectivity index (χ3v) is 2.98. The van der Waals surface area contributed by atoms with Crippen molar-refractivity contribution < 1.29 is 4.79 Å². The van der Waals surface area contributed by atoms with E-state index in [4.69, 9.17) is 0 Å².